The molecule has 0 spiro atoms. The van der Waals surface area contributed by atoms with Crippen molar-refractivity contribution < 1.29 is 22.2 Å². The Labute approximate surface area is 69.4 Å². The van der Waals surface area contributed by atoms with E-state index in [-0.39, 0.29) is 5.75 Å². The Bertz CT molecular complexity index is 330. The highest BCUT2D eigenvalue weighted by Crippen LogP contribution is 2.11. The molecule has 12 heavy (non-hydrogen) atoms. The van der Waals surface area contributed by atoms with Crippen LogP contribution in [-0.2, 0) is 14.7 Å². The molecule has 1 aromatic rings. The lowest BCUT2D eigenvalue weighted by Gasteiger charge is -2.00. The topological polar surface area (TPSA) is 72.8 Å². The van der Waals surface area contributed by atoms with Crippen LogP contribution in [0.1, 0.15) is 0 Å². The summed E-state index contributed by atoms with van der Waals surface area (Å²) in [7, 11) is -4.32. The average Bonchev–Trinajstić information content (AvgIpc) is 2.06. The maximum absolute atomic E-state index is 10.5. The molecule has 0 fully saturated rings. The highest BCUT2D eigenvalue weighted by Gasteiger charge is 2.11. The maximum atomic E-state index is 10.5. The molecule has 66 valence electrons. The summed E-state index contributed by atoms with van der Waals surface area (Å²) < 4.78 is 28.3. The Morgan fingerprint density at radius 3 is 2.25 bits per heavy atom. The van der Waals surface area contributed by atoms with Gasteiger partial charge in [0.1, 0.15) is 5.75 Å². The van der Waals surface area contributed by atoms with Crippen LogP contribution in [0.2, 0.25) is 0 Å². The van der Waals surface area contributed by atoms with Crippen LogP contribution in [-0.4, -0.2) is 13.7 Å². The Hall–Kier alpha value is -1.11. The minimum atomic E-state index is -4.32. The molecule has 0 heterocycles. The highest BCUT2D eigenvalue weighted by atomic mass is 32.3. The van der Waals surface area contributed by atoms with E-state index in [1.54, 1.807) is 18.2 Å². The summed E-state index contributed by atoms with van der Waals surface area (Å²) in [6.45, 7) is 0. The fourth-order valence-electron chi connectivity index (χ4n) is 0.609. The van der Waals surface area contributed by atoms with E-state index < -0.39 is 10.4 Å². The van der Waals surface area contributed by atoms with E-state index in [1.807, 2.05) is 0 Å². The van der Waals surface area contributed by atoms with Gasteiger partial charge in [0.25, 0.3) is 0 Å². The van der Waals surface area contributed by atoms with Crippen molar-refractivity contribution in [3.05, 3.63) is 30.3 Å². The standard InChI is InChI=1S/C6H6O5S/c7-11-12(8,9)10-6-4-2-1-3-5-6/h1-5,7H. The van der Waals surface area contributed by atoms with Gasteiger partial charge in [-0.05, 0) is 12.1 Å². The molecule has 5 nitrogen and oxygen atoms in total. The third-order valence-corrected chi connectivity index (χ3v) is 1.61. The molecule has 0 saturated carbocycles. The highest BCUT2D eigenvalue weighted by molar-refractivity contribution is 7.82. The summed E-state index contributed by atoms with van der Waals surface area (Å²) in [5, 5.41) is 7.84. The summed E-state index contributed by atoms with van der Waals surface area (Å²) in [5.41, 5.74) is 0. The van der Waals surface area contributed by atoms with Gasteiger partial charge in [0.15, 0.2) is 0 Å². The normalized spacial score (nSPS) is 11.1. The third kappa shape index (κ3) is 2.50. The van der Waals surface area contributed by atoms with Crippen LogP contribution in [0.25, 0.3) is 0 Å². The van der Waals surface area contributed by atoms with Gasteiger partial charge in [-0.25, -0.2) is 5.26 Å². The molecular formula is C6H6O5S. The second-order valence-electron chi connectivity index (χ2n) is 1.88. The van der Waals surface area contributed by atoms with E-state index >= 15 is 0 Å². The van der Waals surface area contributed by atoms with Crippen LogP contribution in [0.15, 0.2) is 30.3 Å². The number of para-hydroxylation sites is 1. The van der Waals surface area contributed by atoms with Gasteiger partial charge >= 0.3 is 10.4 Å². The molecular weight excluding hydrogens is 184 g/mol. The molecule has 0 saturated heterocycles. The predicted molar refractivity (Wildman–Crippen MR) is 39.7 cm³/mol. The van der Waals surface area contributed by atoms with Crippen molar-refractivity contribution in [2.45, 2.75) is 0 Å². The average molecular weight is 190 g/mol. The van der Waals surface area contributed by atoms with Gasteiger partial charge in [0.05, 0.1) is 0 Å². The quantitative estimate of drug-likeness (QED) is 0.563. The second-order valence-corrected chi connectivity index (χ2v) is 3.01. The first-order valence-corrected chi connectivity index (χ1v) is 4.30. The minimum absolute atomic E-state index is 0.0755. The summed E-state index contributed by atoms with van der Waals surface area (Å²) in [5.74, 6) is 0.0755. The number of hydrogen-bond acceptors (Lipinski definition) is 5. The molecule has 0 aliphatic rings. The van der Waals surface area contributed by atoms with E-state index in [2.05, 4.69) is 8.52 Å². The molecule has 1 aromatic carbocycles. The molecule has 0 atom stereocenters. The van der Waals surface area contributed by atoms with Crippen molar-refractivity contribution in [1.29, 1.82) is 0 Å². The van der Waals surface area contributed by atoms with Crippen molar-refractivity contribution in [2.24, 2.45) is 0 Å². The number of rotatable bonds is 3. The van der Waals surface area contributed by atoms with E-state index in [9.17, 15) is 8.42 Å². The molecule has 0 aliphatic carbocycles. The molecule has 6 heteroatoms. The first-order chi connectivity index (χ1) is 5.64. The van der Waals surface area contributed by atoms with Crippen LogP contribution in [0.3, 0.4) is 0 Å². The third-order valence-electron chi connectivity index (χ3n) is 1.03. The zero-order valence-electron chi connectivity index (χ0n) is 5.88. The maximum Gasteiger partial charge on any atom is 0.476 e. The van der Waals surface area contributed by atoms with E-state index in [0.717, 1.165) is 0 Å². The summed E-state index contributed by atoms with van der Waals surface area (Å²) >= 11 is 0. The fraction of sp³-hybridized carbons (Fsp3) is 0. The van der Waals surface area contributed by atoms with Crippen LogP contribution < -0.4 is 4.18 Å². The van der Waals surface area contributed by atoms with Gasteiger partial charge in [-0.2, -0.15) is 8.42 Å². The van der Waals surface area contributed by atoms with E-state index in [0.29, 0.717) is 0 Å². The predicted octanol–water partition coefficient (Wildman–Crippen LogP) is 0.800. The summed E-state index contributed by atoms with van der Waals surface area (Å²) in [6.07, 6.45) is 0. The molecule has 0 unspecified atom stereocenters. The first-order valence-electron chi connectivity index (χ1n) is 2.96. The smallest absolute Gasteiger partial charge is 0.360 e. The lowest BCUT2D eigenvalue weighted by molar-refractivity contribution is -0.138. The zero-order chi connectivity index (χ0) is 9.03. The monoisotopic (exact) mass is 190 g/mol. The minimum Gasteiger partial charge on any atom is -0.360 e. The van der Waals surface area contributed by atoms with E-state index in [1.165, 1.54) is 12.1 Å². The molecule has 1 rings (SSSR count). The van der Waals surface area contributed by atoms with E-state index in [4.69, 9.17) is 5.26 Å². The van der Waals surface area contributed by atoms with Crippen LogP contribution in [0.5, 0.6) is 5.75 Å². The fourth-order valence-corrected chi connectivity index (χ4v) is 0.986. The van der Waals surface area contributed by atoms with Crippen molar-refractivity contribution in [3.63, 3.8) is 0 Å². The van der Waals surface area contributed by atoms with Crippen molar-refractivity contribution >= 4 is 10.4 Å². The number of benzene rings is 1. The molecule has 0 amide bonds. The van der Waals surface area contributed by atoms with Crippen molar-refractivity contribution in [2.75, 3.05) is 0 Å². The van der Waals surface area contributed by atoms with Gasteiger partial charge in [-0.15, -0.1) is 0 Å². The van der Waals surface area contributed by atoms with Crippen LogP contribution >= 0.6 is 0 Å². The Kier molecular flexibility index (Phi) is 2.64. The Morgan fingerprint density at radius 1 is 1.17 bits per heavy atom. The van der Waals surface area contributed by atoms with Gasteiger partial charge in [0.2, 0.25) is 0 Å². The molecule has 0 bridgehead atoms. The number of hydrogen-bond donors (Lipinski definition) is 1. The summed E-state index contributed by atoms with van der Waals surface area (Å²) in [6, 6.07) is 7.69. The van der Waals surface area contributed by atoms with Gasteiger partial charge < -0.3 is 4.18 Å². The molecule has 0 radical (unpaired) electrons. The van der Waals surface area contributed by atoms with Gasteiger partial charge in [-0.3, -0.25) is 0 Å². The van der Waals surface area contributed by atoms with Gasteiger partial charge in [-0.1, -0.05) is 22.5 Å². The SMILES string of the molecule is O=S(=O)(OO)Oc1ccccc1. The molecule has 0 aromatic heterocycles. The van der Waals surface area contributed by atoms with Gasteiger partial charge in [0, 0.05) is 0 Å². The molecule has 1 N–H and O–H groups in total. The van der Waals surface area contributed by atoms with Crippen LogP contribution in [0.4, 0.5) is 0 Å². The Balaban J connectivity index is 2.78. The Morgan fingerprint density at radius 2 is 1.75 bits per heavy atom. The molecule has 0 aliphatic heterocycles. The lowest BCUT2D eigenvalue weighted by Crippen LogP contribution is -2.10. The zero-order valence-corrected chi connectivity index (χ0v) is 6.69. The second kappa shape index (κ2) is 3.53. The van der Waals surface area contributed by atoms with Crippen LogP contribution in [0, 0.1) is 0 Å². The first kappa shape index (κ1) is 8.98. The summed E-state index contributed by atoms with van der Waals surface area (Å²) in [4.78, 5) is 0. The largest absolute Gasteiger partial charge is 0.476 e. The van der Waals surface area contributed by atoms with Crippen molar-refractivity contribution in [1.82, 2.24) is 0 Å². The van der Waals surface area contributed by atoms with Crippen molar-refractivity contribution in [3.8, 4) is 5.75 Å². The lowest BCUT2D eigenvalue weighted by atomic mass is 10.3.